The first-order valence-electron chi connectivity index (χ1n) is 6.41. The van der Waals surface area contributed by atoms with Crippen molar-refractivity contribution in [1.82, 2.24) is 5.32 Å². The van der Waals surface area contributed by atoms with E-state index in [1.807, 2.05) is 6.92 Å². The van der Waals surface area contributed by atoms with Crippen LogP contribution in [0.5, 0.6) is 0 Å². The van der Waals surface area contributed by atoms with Gasteiger partial charge in [-0.2, -0.15) is 0 Å². The number of hydrogen-bond acceptors (Lipinski definition) is 2. The topological polar surface area (TPSA) is 66.4 Å². The van der Waals surface area contributed by atoms with Gasteiger partial charge in [0.1, 0.15) is 11.9 Å². The summed E-state index contributed by atoms with van der Waals surface area (Å²) in [6, 6.07) is 4.85. The molecule has 1 amide bonds. The van der Waals surface area contributed by atoms with Crippen LogP contribution in [0.2, 0.25) is 0 Å². The van der Waals surface area contributed by atoms with E-state index in [9.17, 15) is 14.0 Å². The number of benzene rings is 1. The van der Waals surface area contributed by atoms with E-state index in [0.717, 1.165) is 0 Å². The number of nitrogens with one attached hydrogen (secondary N) is 1. The fraction of sp³-hybridized carbons (Fsp3) is 0.333. The second-order valence-corrected chi connectivity index (χ2v) is 4.60. The quantitative estimate of drug-likeness (QED) is 0.786. The maximum Gasteiger partial charge on any atom is 0.326 e. The first-order chi connectivity index (χ1) is 9.43. The van der Waals surface area contributed by atoms with E-state index in [-0.39, 0.29) is 5.92 Å². The van der Waals surface area contributed by atoms with Gasteiger partial charge in [0, 0.05) is 6.08 Å². The lowest BCUT2D eigenvalue weighted by Crippen LogP contribution is -2.44. The summed E-state index contributed by atoms with van der Waals surface area (Å²) in [5.74, 6) is -2.14. The number of amides is 1. The molecular weight excluding hydrogens is 261 g/mol. The van der Waals surface area contributed by atoms with E-state index in [0.29, 0.717) is 12.0 Å². The minimum Gasteiger partial charge on any atom is -0.480 e. The third-order valence-electron chi connectivity index (χ3n) is 3.05. The smallest absolute Gasteiger partial charge is 0.326 e. The molecule has 0 aliphatic rings. The van der Waals surface area contributed by atoms with Gasteiger partial charge < -0.3 is 10.4 Å². The SMILES string of the molecule is CC[C@H](C)[C@H](NC(=O)/C=C/c1cccc(F)c1)C(=O)O. The highest BCUT2D eigenvalue weighted by Crippen LogP contribution is 2.09. The Bertz CT molecular complexity index is 514. The Hall–Kier alpha value is -2.17. The Balaban J connectivity index is 2.68. The van der Waals surface area contributed by atoms with Gasteiger partial charge in [0.2, 0.25) is 5.91 Å². The maximum absolute atomic E-state index is 12.9. The first-order valence-corrected chi connectivity index (χ1v) is 6.41. The van der Waals surface area contributed by atoms with Gasteiger partial charge in [-0.3, -0.25) is 4.79 Å². The predicted molar refractivity (Wildman–Crippen MR) is 74.5 cm³/mol. The van der Waals surface area contributed by atoms with Crippen molar-refractivity contribution >= 4 is 18.0 Å². The maximum atomic E-state index is 12.9. The number of carbonyl (C=O) groups excluding carboxylic acids is 1. The molecule has 0 heterocycles. The summed E-state index contributed by atoms with van der Waals surface area (Å²) < 4.78 is 12.9. The molecule has 0 radical (unpaired) electrons. The highest BCUT2D eigenvalue weighted by molar-refractivity contribution is 5.94. The molecule has 0 unspecified atom stereocenters. The zero-order valence-electron chi connectivity index (χ0n) is 11.5. The molecule has 0 saturated carbocycles. The third-order valence-corrected chi connectivity index (χ3v) is 3.05. The Morgan fingerprint density at radius 3 is 2.70 bits per heavy atom. The van der Waals surface area contributed by atoms with Crippen LogP contribution >= 0.6 is 0 Å². The van der Waals surface area contributed by atoms with Gasteiger partial charge in [-0.15, -0.1) is 0 Å². The molecule has 4 nitrogen and oxygen atoms in total. The van der Waals surface area contributed by atoms with Crippen molar-refractivity contribution in [2.45, 2.75) is 26.3 Å². The standard InChI is InChI=1S/C15H18FNO3/c1-3-10(2)14(15(19)20)17-13(18)8-7-11-5-4-6-12(16)9-11/h4-10,14H,3H2,1-2H3,(H,17,18)(H,19,20)/b8-7+/t10-,14-/m0/s1. The average molecular weight is 279 g/mol. The molecule has 2 N–H and O–H groups in total. The van der Waals surface area contributed by atoms with E-state index in [4.69, 9.17) is 5.11 Å². The third kappa shape index (κ3) is 4.84. The van der Waals surface area contributed by atoms with Crippen LogP contribution in [0.15, 0.2) is 30.3 Å². The molecule has 0 fully saturated rings. The average Bonchev–Trinajstić information content (AvgIpc) is 2.41. The molecular formula is C15H18FNO3. The number of carbonyl (C=O) groups is 2. The van der Waals surface area contributed by atoms with Crippen LogP contribution in [0.4, 0.5) is 4.39 Å². The molecule has 0 spiro atoms. The van der Waals surface area contributed by atoms with Crippen molar-refractivity contribution in [3.63, 3.8) is 0 Å². The summed E-state index contributed by atoms with van der Waals surface area (Å²) in [5, 5.41) is 11.5. The largest absolute Gasteiger partial charge is 0.480 e. The van der Waals surface area contributed by atoms with Gasteiger partial charge >= 0.3 is 5.97 Å². The van der Waals surface area contributed by atoms with E-state index >= 15 is 0 Å². The van der Waals surface area contributed by atoms with Crippen molar-refractivity contribution in [2.24, 2.45) is 5.92 Å². The van der Waals surface area contributed by atoms with Gasteiger partial charge in [0.15, 0.2) is 0 Å². The Morgan fingerprint density at radius 1 is 1.45 bits per heavy atom. The number of aliphatic carboxylic acids is 1. The minimum atomic E-state index is -1.06. The summed E-state index contributed by atoms with van der Waals surface area (Å²) in [6.45, 7) is 3.62. The summed E-state index contributed by atoms with van der Waals surface area (Å²) >= 11 is 0. The molecule has 20 heavy (non-hydrogen) atoms. The number of halogens is 1. The second kappa shape index (κ2) is 7.43. The van der Waals surface area contributed by atoms with Crippen LogP contribution < -0.4 is 5.32 Å². The van der Waals surface area contributed by atoms with Crippen LogP contribution in [0.25, 0.3) is 6.08 Å². The van der Waals surface area contributed by atoms with Crippen molar-refractivity contribution in [1.29, 1.82) is 0 Å². The Labute approximate surface area is 117 Å². The Kier molecular flexibility index (Phi) is 5.90. The highest BCUT2D eigenvalue weighted by atomic mass is 19.1. The summed E-state index contributed by atoms with van der Waals surface area (Å²) in [5.41, 5.74) is 0.538. The molecule has 1 rings (SSSR count). The molecule has 1 aromatic carbocycles. The molecule has 0 saturated heterocycles. The van der Waals surface area contributed by atoms with Crippen LogP contribution in [-0.4, -0.2) is 23.0 Å². The normalized spacial score (nSPS) is 13.9. The lowest BCUT2D eigenvalue weighted by atomic mass is 9.99. The van der Waals surface area contributed by atoms with Crippen LogP contribution in [0, 0.1) is 11.7 Å². The fourth-order valence-electron chi connectivity index (χ4n) is 1.67. The first kappa shape index (κ1) is 15.9. The molecule has 0 aromatic heterocycles. The lowest BCUT2D eigenvalue weighted by molar-refractivity contribution is -0.142. The zero-order valence-corrected chi connectivity index (χ0v) is 11.5. The molecule has 0 aliphatic heterocycles. The Morgan fingerprint density at radius 2 is 2.15 bits per heavy atom. The lowest BCUT2D eigenvalue weighted by Gasteiger charge is -2.19. The number of rotatable bonds is 6. The minimum absolute atomic E-state index is 0.168. The van der Waals surface area contributed by atoms with Crippen molar-refractivity contribution in [3.8, 4) is 0 Å². The zero-order chi connectivity index (χ0) is 15.1. The molecule has 0 aliphatic carbocycles. The van der Waals surface area contributed by atoms with Gasteiger partial charge in [0.05, 0.1) is 0 Å². The molecule has 2 atom stereocenters. The van der Waals surface area contributed by atoms with E-state index in [1.54, 1.807) is 13.0 Å². The van der Waals surface area contributed by atoms with Crippen LogP contribution in [0.3, 0.4) is 0 Å². The number of carboxylic acid groups (broad SMARTS) is 1. The second-order valence-electron chi connectivity index (χ2n) is 4.60. The molecule has 108 valence electrons. The summed E-state index contributed by atoms with van der Waals surface area (Å²) in [4.78, 5) is 22.7. The van der Waals surface area contributed by atoms with Gasteiger partial charge in [-0.1, -0.05) is 32.4 Å². The van der Waals surface area contributed by atoms with E-state index < -0.39 is 23.7 Å². The van der Waals surface area contributed by atoms with Gasteiger partial charge in [0.25, 0.3) is 0 Å². The summed E-state index contributed by atoms with van der Waals surface area (Å²) in [6.07, 6.45) is 3.28. The van der Waals surface area contributed by atoms with Crippen molar-refractivity contribution in [3.05, 3.63) is 41.7 Å². The molecule has 0 bridgehead atoms. The van der Waals surface area contributed by atoms with Gasteiger partial charge in [-0.25, -0.2) is 9.18 Å². The number of hydrogen-bond donors (Lipinski definition) is 2. The van der Waals surface area contributed by atoms with E-state index in [2.05, 4.69) is 5.32 Å². The molecule has 5 heteroatoms. The monoisotopic (exact) mass is 279 g/mol. The van der Waals surface area contributed by atoms with Crippen molar-refractivity contribution < 1.29 is 19.1 Å². The summed E-state index contributed by atoms with van der Waals surface area (Å²) in [7, 11) is 0. The van der Waals surface area contributed by atoms with Crippen molar-refractivity contribution in [2.75, 3.05) is 0 Å². The predicted octanol–water partition coefficient (Wildman–Crippen LogP) is 2.45. The fourth-order valence-corrected chi connectivity index (χ4v) is 1.67. The van der Waals surface area contributed by atoms with Crippen LogP contribution in [0.1, 0.15) is 25.8 Å². The van der Waals surface area contributed by atoms with E-state index in [1.165, 1.54) is 30.4 Å². The van der Waals surface area contributed by atoms with Crippen LogP contribution in [-0.2, 0) is 9.59 Å². The highest BCUT2D eigenvalue weighted by Gasteiger charge is 2.24. The van der Waals surface area contributed by atoms with Gasteiger partial charge in [-0.05, 0) is 29.7 Å². The molecule has 1 aromatic rings. The number of carboxylic acids is 1.